The quantitative estimate of drug-likeness (QED) is 0.673. The summed E-state index contributed by atoms with van der Waals surface area (Å²) in [5.74, 6) is 0. The third kappa shape index (κ3) is 1.20. The summed E-state index contributed by atoms with van der Waals surface area (Å²) in [6.45, 7) is 0. The number of rotatable bonds is 1. The molecule has 0 aromatic carbocycles. The zero-order valence-electron chi connectivity index (χ0n) is 7.25. The molecule has 1 aliphatic rings. The Morgan fingerprint density at radius 1 is 1.58 bits per heavy atom. The molecule has 0 amide bonds. The Labute approximate surface area is 72.2 Å². The van der Waals surface area contributed by atoms with Crippen LogP contribution >= 0.6 is 0 Å². The summed E-state index contributed by atoms with van der Waals surface area (Å²) < 4.78 is 0. The minimum Gasteiger partial charge on any atom is -0.313 e. The van der Waals surface area contributed by atoms with Crippen molar-refractivity contribution in [2.24, 2.45) is 0 Å². The van der Waals surface area contributed by atoms with Crippen molar-refractivity contribution in [1.82, 2.24) is 15.3 Å². The van der Waals surface area contributed by atoms with Gasteiger partial charge in [0, 0.05) is 23.5 Å². The highest BCUT2D eigenvalue weighted by molar-refractivity contribution is 5.22. The smallest absolute Gasteiger partial charge is 0.115 e. The summed E-state index contributed by atoms with van der Waals surface area (Å²) in [5, 5.41) is 3.28. The van der Waals surface area contributed by atoms with Gasteiger partial charge in [-0.3, -0.25) is 0 Å². The molecule has 1 atom stereocenters. The van der Waals surface area contributed by atoms with Gasteiger partial charge in [0.05, 0.1) is 0 Å². The normalized spacial score (nSPS) is 21.9. The van der Waals surface area contributed by atoms with Gasteiger partial charge in [-0.05, 0) is 26.3 Å². The van der Waals surface area contributed by atoms with Gasteiger partial charge in [-0.15, -0.1) is 0 Å². The van der Waals surface area contributed by atoms with Gasteiger partial charge < -0.3 is 5.32 Å². The molecule has 0 bridgehead atoms. The first-order valence-electron chi connectivity index (χ1n) is 4.38. The van der Waals surface area contributed by atoms with Gasteiger partial charge in [0.25, 0.3) is 0 Å². The number of nitrogens with one attached hydrogen (secondary N) is 1. The van der Waals surface area contributed by atoms with Crippen LogP contribution in [0, 0.1) is 0 Å². The van der Waals surface area contributed by atoms with Gasteiger partial charge >= 0.3 is 0 Å². The van der Waals surface area contributed by atoms with Gasteiger partial charge in [-0.25, -0.2) is 9.97 Å². The first kappa shape index (κ1) is 7.68. The first-order chi connectivity index (χ1) is 5.92. The molecule has 3 nitrogen and oxygen atoms in total. The molecule has 64 valence electrons. The molecule has 0 aliphatic heterocycles. The van der Waals surface area contributed by atoms with E-state index in [2.05, 4.69) is 15.3 Å². The zero-order chi connectivity index (χ0) is 8.39. The van der Waals surface area contributed by atoms with Gasteiger partial charge in [0.1, 0.15) is 6.33 Å². The van der Waals surface area contributed by atoms with Crippen molar-refractivity contribution in [2.75, 3.05) is 7.05 Å². The number of aromatic nitrogens is 2. The molecule has 1 aromatic heterocycles. The van der Waals surface area contributed by atoms with Gasteiger partial charge in [0.2, 0.25) is 0 Å². The van der Waals surface area contributed by atoms with Crippen molar-refractivity contribution < 1.29 is 0 Å². The van der Waals surface area contributed by atoms with Crippen LogP contribution in [0.15, 0.2) is 12.5 Å². The van der Waals surface area contributed by atoms with Crippen molar-refractivity contribution >= 4 is 0 Å². The first-order valence-corrected chi connectivity index (χ1v) is 4.38. The van der Waals surface area contributed by atoms with Crippen LogP contribution in [0.1, 0.15) is 30.1 Å². The molecular weight excluding hydrogens is 150 g/mol. The minimum atomic E-state index is 0.468. The van der Waals surface area contributed by atoms with E-state index >= 15 is 0 Å². The van der Waals surface area contributed by atoms with Crippen molar-refractivity contribution in [3.8, 4) is 0 Å². The molecule has 0 spiro atoms. The topological polar surface area (TPSA) is 37.8 Å². The van der Waals surface area contributed by atoms with E-state index in [1.807, 2.05) is 13.2 Å². The average molecular weight is 163 g/mol. The van der Waals surface area contributed by atoms with E-state index < -0.39 is 0 Å². The molecule has 0 radical (unpaired) electrons. The lowest BCUT2D eigenvalue weighted by Crippen LogP contribution is -2.22. The molecule has 0 saturated heterocycles. The SMILES string of the molecule is CNC1CCCc2ncncc21. The lowest BCUT2D eigenvalue weighted by molar-refractivity contribution is 0.487. The van der Waals surface area contributed by atoms with Gasteiger partial charge in [0.15, 0.2) is 0 Å². The van der Waals surface area contributed by atoms with E-state index in [1.165, 1.54) is 24.1 Å². The Morgan fingerprint density at radius 2 is 2.50 bits per heavy atom. The fourth-order valence-electron chi connectivity index (χ4n) is 1.79. The van der Waals surface area contributed by atoms with Crippen LogP contribution in [0.3, 0.4) is 0 Å². The van der Waals surface area contributed by atoms with Crippen LogP contribution < -0.4 is 5.32 Å². The summed E-state index contributed by atoms with van der Waals surface area (Å²) in [4.78, 5) is 8.31. The van der Waals surface area contributed by atoms with E-state index in [9.17, 15) is 0 Å². The standard InChI is InChI=1S/C9H13N3/c1-10-8-3-2-4-9-7(8)5-11-6-12-9/h5-6,8,10H,2-4H2,1H3. The zero-order valence-corrected chi connectivity index (χ0v) is 7.25. The number of hydrogen-bond donors (Lipinski definition) is 1. The lowest BCUT2D eigenvalue weighted by Gasteiger charge is -2.23. The van der Waals surface area contributed by atoms with Crippen molar-refractivity contribution in [2.45, 2.75) is 25.3 Å². The van der Waals surface area contributed by atoms with Crippen LogP contribution in [-0.4, -0.2) is 17.0 Å². The fraction of sp³-hybridized carbons (Fsp3) is 0.556. The van der Waals surface area contributed by atoms with Crippen LogP contribution in [0.2, 0.25) is 0 Å². The molecule has 1 heterocycles. The molecule has 12 heavy (non-hydrogen) atoms. The highest BCUT2D eigenvalue weighted by Crippen LogP contribution is 2.26. The molecule has 1 N–H and O–H groups in total. The molecule has 2 rings (SSSR count). The summed E-state index contributed by atoms with van der Waals surface area (Å²) >= 11 is 0. The fourth-order valence-corrected chi connectivity index (χ4v) is 1.79. The number of nitrogens with zero attached hydrogens (tertiary/aromatic N) is 2. The molecular formula is C9H13N3. The van der Waals surface area contributed by atoms with Gasteiger partial charge in [-0.1, -0.05) is 0 Å². The number of aryl methyl sites for hydroxylation is 1. The van der Waals surface area contributed by atoms with Crippen molar-refractivity contribution in [3.05, 3.63) is 23.8 Å². The predicted octanol–water partition coefficient (Wildman–Crippen LogP) is 1.07. The Bertz CT molecular complexity index is 272. The molecule has 0 fully saturated rings. The van der Waals surface area contributed by atoms with E-state index in [0.717, 1.165) is 6.42 Å². The second kappa shape index (κ2) is 3.19. The Morgan fingerprint density at radius 3 is 3.33 bits per heavy atom. The highest BCUT2D eigenvalue weighted by atomic mass is 14.9. The summed E-state index contributed by atoms with van der Waals surface area (Å²) in [6, 6.07) is 0.468. The monoisotopic (exact) mass is 163 g/mol. The van der Waals surface area contributed by atoms with Crippen LogP contribution in [0.4, 0.5) is 0 Å². The Balaban J connectivity index is 2.37. The van der Waals surface area contributed by atoms with E-state index in [1.54, 1.807) is 6.33 Å². The number of fused-ring (bicyclic) bond motifs is 1. The summed E-state index contributed by atoms with van der Waals surface area (Å²) in [5.41, 5.74) is 2.50. The van der Waals surface area contributed by atoms with Gasteiger partial charge in [-0.2, -0.15) is 0 Å². The van der Waals surface area contributed by atoms with Crippen LogP contribution in [0.5, 0.6) is 0 Å². The maximum atomic E-state index is 4.27. The maximum Gasteiger partial charge on any atom is 0.115 e. The maximum absolute atomic E-state index is 4.27. The van der Waals surface area contributed by atoms with Crippen molar-refractivity contribution in [1.29, 1.82) is 0 Å². The molecule has 1 aliphatic carbocycles. The van der Waals surface area contributed by atoms with Crippen molar-refractivity contribution in [3.63, 3.8) is 0 Å². The third-order valence-corrected chi connectivity index (χ3v) is 2.46. The second-order valence-electron chi connectivity index (χ2n) is 3.16. The Hall–Kier alpha value is -0.960. The van der Waals surface area contributed by atoms with E-state index in [-0.39, 0.29) is 0 Å². The minimum absolute atomic E-state index is 0.468. The second-order valence-corrected chi connectivity index (χ2v) is 3.16. The van der Waals surface area contributed by atoms with Crippen LogP contribution in [0.25, 0.3) is 0 Å². The molecule has 0 saturated carbocycles. The predicted molar refractivity (Wildman–Crippen MR) is 46.8 cm³/mol. The summed E-state index contributed by atoms with van der Waals surface area (Å²) in [7, 11) is 1.99. The molecule has 1 unspecified atom stereocenters. The van der Waals surface area contributed by atoms with E-state index in [4.69, 9.17) is 0 Å². The lowest BCUT2D eigenvalue weighted by atomic mass is 9.93. The average Bonchev–Trinajstić information content (AvgIpc) is 2.17. The molecule has 1 aromatic rings. The highest BCUT2D eigenvalue weighted by Gasteiger charge is 2.18. The molecule has 3 heteroatoms. The number of hydrogen-bond acceptors (Lipinski definition) is 3. The largest absolute Gasteiger partial charge is 0.313 e. The third-order valence-electron chi connectivity index (χ3n) is 2.46. The summed E-state index contributed by atoms with van der Waals surface area (Å²) in [6.07, 6.45) is 7.11. The van der Waals surface area contributed by atoms with Crippen LogP contribution in [-0.2, 0) is 6.42 Å². The Kier molecular flexibility index (Phi) is 2.04. The van der Waals surface area contributed by atoms with E-state index in [0.29, 0.717) is 6.04 Å².